The number of rotatable bonds is 8. The van der Waals surface area contributed by atoms with Gasteiger partial charge in [0.1, 0.15) is 5.75 Å². The molecule has 6 nitrogen and oxygen atoms in total. The van der Waals surface area contributed by atoms with E-state index in [1.54, 1.807) is 31.4 Å². The molecule has 0 saturated carbocycles. The van der Waals surface area contributed by atoms with E-state index >= 15 is 0 Å². The number of anilines is 1. The van der Waals surface area contributed by atoms with Crippen LogP contribution in [0.25, 0.3) is 0 Å². The molecule has 0 aliphatic carbocycles. The van der Waals surface area contributed by atoms with E-state index in [-0.39, 0.29) is 5.75 Å². The Balaban J connectivity index is 1.48. The first-order chi connectivity index (χ1) is 13.4. The van der Waals surface area contributed by atoms with Crippen molar-refractivity contribution in [2.45, 2.75) is 12.2 Å². The summed E-state index contributed by atoms with van der Waals surface area (Å²) >= 11 is 0. The first-order valence-corrected chi connectivity index (χ1v) is 11.2. The standard InChI is InChI=1S/C21H29N3O3S/c1-23-12-14-24(15-13-23)20-8-6-18(7-9-20)10-11-22-28(25,26)17-19-4-3-5-21(16-19)27-2/h3-9,16,22H,10-15,17H2,1-2H3. The molecule has 0 unspecified atom stereocenters. The van der Waals surface area contributed by atoms with Gasteiger partial charge in [-0.05, 0) is 48.9 Å². The van der Waals surface area contributed by atoms with Gasteiger partial charge in [-0.1, -0.05) is 24.3 Å². The highest BCUT2D eigenvalue weighted by atomic mass is 32.2. The van der Waals surface area contributed by atoms with Crippen molar-refractivity contribution in [2.24, 2.45) is 0 Å². The van der Waals surface area contributed by atoms with Crippen molar-refractivity contribution >= 4 is 15.7 Å². The maximum atomic E-state index is 12.3. The molecule has 28 heavy (non-hydrogen) atoms. The zero-order valence-electron chi connectivity index (χ0n) is 16.6. The maximum Gasteiger partial charge on any atom is 0.215 e. The Hall–Kier alpha value is -2.09. The molecule has 1 fully saturated rings. The molecular weight excluding hydrogens is 374 g/mol. The van der Waals surface area contributed by atoms with E-state index in [1.807, 2.05) is 0 Å². The molecule has 0 amide bonds. The molecule has 1 aliphatic rings. The van der Waals surface area contributed by atoms with Crippen LogP contribution in [-0.2, 0) is 22.2 Å². The minimum absolute atomic E-state index is 0.0491. The van der Waals surface area contributed by atoms with Gasteiger partial charge in [0.15, 0.2) is 0 Å². The Morgan fingerprint density at radius 2 is 1.71 bits per heavy atom. The lowest BCUT2D eigenvalue weighted by Gasteiger charge is -2.34. The molecule has 1 aliphatic heterocycles. The quantitative estimate of drug-likeness (QED) is 0.732. The minimum Gasteiger partial charge on any atom is -0.497 e. The molecule has 0 spiro atoms. The minimum atomic E-state index is -3.38. The number of likely N-dealkylation sites (N-methyl/N-ethyl adjacent to an activating group) is 1. The smallest absolute Gasteiger partial charge is 0.215 e. The van der Waals surface area contributed by atoms with Crippen molar-refractivity contribution in [3.63, 3.8) is 0 Å². The lowest BCUT2D eigenvalue weighted by molar-refractivity contribution is 0.313. The molecule has 152 valence electrons. The van der Waals surface area contributed by atoms with Crippen molar-refractivity contribution in [3.8, 4) is 5.75 Å². The first kappa shape index (κ1) is 20.6. The van der Waals surface area contributed by atoms with E-state index in [1.165, 1.54) is 5.69 Å². The summed E-state index contributed by atoms with van der Waals surface area (Å²) < 4.78 is 32.5. The van der Waals surface area contributed by atoms with Gasteiger partial charge >= 0.3 is 0 Å². The monoisotopic (exact) mass is 403 g/mol. The third-order valence-electron chi connectivity index (χ3n) is 5.03. The fourth-order valence-corrected chi connectivity index (χ4v) is 4.46. The number of ether oxygens (including phenoxy) is 1. The highest BCUT2D eigenvalue weighted by Crippen LogP contribution is 2.17. The number of hydrogen-bond donors (Lipinski definition) is 1. The summed E-state index contributed by atoms with van der Waals surface area (Å²) in [5.41, 5.74) is 3.07. The average Bonchev–Trinajstić information content (AvgIpc) is 2.69. The Bertz CT molecular complexity index is 861. The number of hydrogen-bond acceptors (Lipinski definition) is 5. The number of nitrogens with one attached hydrogen (secondary N) is 1. The number of sulfonamides is 1. The summed E-state index contributed by atoms with van der Waals surface area (Å²) in [6, 6.07) is 15.6. The average molecular weight is 404 g/mol. The van der Waals surface area contributed by atoms with Crippen LogP contribution in [0.5, 0.6) is 5.75 Å². The molecule has 1 saturated heterocycles. The predicted molar refractivity (Wildman–Crippen MR) is 113 cm³/mol. The summed E-state index contributed by atoms with van der Waals surface area (Å²) in [6.07, 6.45) is 0.667. The van der Waals surface area contributed by atoms with Gasteiger partial charge < -0.3 is 14.5 Å². The van der Waals surface area contributed by atoms with Crippen molar-refractivity contribution in [2.75, 3.05) is 51.8 Å². The van der Waals surface area contributed by atoms with E-state index < -0.39 is 10.0 Å². The molecule has 2 aromatic rings. The topological polar surface area (TPSA) is 61.9 Å². The number of methoxy groups -OCH3 is 1. The van der Waals surface area contributed by atoms with Crippen LogP contribution in [0.1, 0.15) is 11.1 Å². The van der Waals surface area contributed by atoms with Crippen LogP contribution in [0.3, 0.4) is 0 Å². The molecule has 0 radical (unpaired) electrons. The van der Waals surface area contributed by atoms with Gasteiger partial charge in [0.05, 0.1) is 12.9 Å². The van der Waals surface area contributed by atoms with Gasteiger partial charge in [-0.2, -0.15) is 0 Å². The lowest BCUT2D eigenvalue weighted by Crippen LogP contribution is -2.44. The Kier molecular flexibility index (Phi) is 6.93. The van der Waals surface area contributed by atoms with E-state index in [0.29, 0.717) is 24.3 Å². The molecule has 0 atom stereocenters. The van der Waals surface area contributed by atoms with Crippen LogP contribution in [-0.4, -0.2) is 60.2 Å². The summed E-state index contributed by atoms with van der Waals surface area (Å²) in [5, 5.41) is 0. The molecular formula is C21H29N3O3S. The summed E-state index contributed by atoms with van der Waals surface area (Å²) in [6.45, 7) is 4.63. The molecule has 1 heterocycles. The zero-order chi connectivity index (χ0) is 20.0. The fourth-order valence-electron chi connectivity index (χ4n) is 3.32. The first-order valence-electron chi connectivity index (χ1n) is 9.58. The van der Waals surface area contributed by atoms with Crippen LogP contribution in [0, 0.1) is 0 Å². The van der Waals surface area contributed by atoms with Crippen LogP contribution < -0.4 is 14.4 Å². The second-order valence-electron chi connectivity index (χ2n) is 7.21. The van der Waals surface area contributed by atoms with Crippen LogP contribution in [0.15, 0.2) is 48.5 Å². The third-order valence-corrected chi connectivity index (χ3v) is 6.39. The molecule has 0 bridgehead atoms. The van der Waals surface area contributed by atoms with Gasteiger partial charge in [-0.25, -0.2) is 13.1 Å². The molecule has 1 N–H and O–H groups in total. The van der Waals surface area contributed by atoms with E-state index in [4.69, 9.17) is 4.74 Å². The second kappa shape index (κ2) is 9.41. The van der Waals surface area contributed by atoms with Crippen molar-refractivity contribution < 1.29 is 13.2 Å². The Morgan fingerprint density at radius 3 is 2.39 bits per heavy atom. The zero-order valence-corrected chi connectivity index (χ0v) is 17.4. The van der Waals surface area contributed by atoms with Crippen LogP contribution in [0.2, 0.25) is 0 Å². The summed E-state index contributed by atoms with van der Waals surface area (Å²) in [4.78, 5) is 4.73. The highest BCUT2D eigenvalue weighted by molar-refractivity contribution is 7.88. The van der Waals surface area contributed by atoms with Gasteiger partial charge in [-0.15, -0.1) is 0 Å². The van der Waals surface area contributed by atoms with Gasteiger partial charge in [0.25, 0.3) is 0 Å². The lowest BCUT2D eigenvalue weighted by atomic mass is 10.1. The number of nitrogens with zero attached hydrogens (tertiary/aromatic N) is 2. The molecule has 7 heteroatoms. The van der Waals surface area contributed by atoms with E-state index in [9.17, 15) is 8.42 Å². The van der Waals surface area contributed by atoms with E-state index in [2.05, 4.69) is 45.8 Å². The van der Waals surface area contributed by atoms with Crippen molar-refractivity contribution in [1.82, 2.24) is 9.62 Å². The van der Waals surface area contributed by atoms with Gasteiger partial charge in [-0.3, -0.25) is 0 Å². The second-order valence-corrected chi connectivity index (χ2v) is 9.02. The highest BCUT2D eigenvalue weighted by Gasteiger charge is 2.14. The summed E-state index contributed by atoms with van der Waals surface area (Å²) in [7, 11) is 0.340. The van der Waals surface area contributed by atoms with Crippen molar-refractivity contribution in [1.29, 1.82) is 0 Å². The largest absolute Gasteiger partial charge is 0.497 e. The Morgan fingerprint density at radius 1 is 1.00 bits per heavy atom. The number of benzene rings is 2. The van der Waals surface area contributed by atoms with Crippen LogP contribution in [0.4, 0.5) is 5.69 Å². The molecule has 3 rings (SSSR count). The van der Waals surface area contributed by atoms with Gasteiger partial charge in [0.2, 0.25) is 10.0 Å². The third kappa shape index (κ3) is 5.95. The fraction of sp³-hybridized carbons (Fsp3) is 0.429. The molecule has 0 aromatic heterocycles. The summed E-state index contributed by atoms with van der Waals surface area (Å²) in [5.74, 6) is 0.611. The molecule has 2 aromatic carbocycles. The Labute approximate surface area is 168 Å². The van der Waals surface area contributed by atoms with Gasteiger partial charge in [0, 0.05) is 38.4 Å². The SMILES string of the molecule is COc1cccc(CS(=O)(=O)NCCc2ccc(N3CCN(C)CC3)cc2)c1. The number of piperazine rings is 1. The maximum absolute atomic E-state index is 12.3. The predicted octanol–water partition coefficient (Wildman–Crippen LogP) is 2.11. The van der Waals surface area contributed by atoms with Crippen molar-refractivity contribution in [3.05, 3.63) is 59.7 Å². The van der Waals surface area contributed by atoms with Crippen LogP contribution >= 0.6 is 0 Å². The van der Waals surface area contributed by atoms with E-state index in [0.717, 1.165) is 31.7 Å². The normalized spacial score (nSPS) is 15.6.